The van der Waals surface area contributed by atoms with Crippen LogP contribution in [0.2, 0.25) is 0 Å². The van der Waals surface area contributed by atoms with Gasteiger partial charge in [0.05, 0.1) is 38.8 Å². The van der Waals surface area contributed by atoms with E-state index in [1.807, 2.05) is 0 Å². The van der Waals surface area contributed by atoms with Crippen molar-refractivity contribution in [3.8, 4) is 11.5 Å². The third-order valence-corrected chi connectivity index (χ3v) is 6.95. The molecule has 194 valence electrons. The highest BCUT2D eigenvalue weighted by atomic mass is 79.9. The number of nitrogens with zero attached hydrogens (tertiary/aromatic N) is 4. The van der Waals surface area contributed by atoms with Crippen molar-refractivity contribution in [1.82, 2.24) is 0 Å². The SMILES string of the molecule is COc1cc([C@H]2[C@H]3C(=O)N(c4ccc([N+](=O)[O-])cc4)C(=O)[C@@H]3ON2c2cccc([N+](=O)[O-])c2)cc(Br)c1O. The molecule has 3 aromatic rings. The first-order chi connectivity index (χ1) is 18.1. The predicted molar refractivity (Wildman–Crippen MR) is 135 cm³/mol. The number of halogens is 1. The van der Waals surface area contributed by atoms with Crippen LogP contribution in [0.15, 0.2) is 65.1 Å². The van der Waals surface area contributed by atoms with Crippen LogP contribution in [0.3, 0.4) is 0 Å². The van der Waals surface area contributed by atoms with Crippen molar-refractivity contribution in [2.24, 2.45) is 5.92 Å². The van der Waals surface area contributed by atoms with Gasteiger partial charge < -0.3 is 9.84 Å². The molecule has 14 heteroatoms. The lowest BCUT2D eigenvalue weighted by Crippen LogP contribution is -2.37. The molecule has 2 fully saturated rings. The zero-order valence-corrected chi connectivity index (χ0v) is 21.0. The quantitative estimate of drug-likeness (QED) is 0.254. The summed E-state index contributed by atoms with van der Waals surface area (Å²) < 4.78 is 5.50. The number of phenols is 1. The van der Waals surface area contributed by atoms with Gasteiger partial charge in [-0.25, -0.2) is 9.96 Å². The third-order valence-electron chi connectivity index (χ3n) is 6.34. The van der Waals surface area contributed by atoms with E-state index in [1.54, 1.807) is 0 Å². The molecular formula is C24H17BrN4O9. The number of aromatic hydroxyl groups is 1. The minimum absolute atomic E-state index is 0.0841. The molecule has 0 aromatic heterocycles. The molecular weight excluding hydrogens is 568 g/mol. The molecule has 2 heterocycles. The Bertz CT molecular complexity index is 1500. The van der Waals surface area contributed by atoms with Gasteiger partial charge in [0.1, 0.15) is 5.92 Å². The molecule has 2 aliphatic heterocycles. The lowest BCUT2D eigenvalue weighted by Gasteiger charge is -2.29. The third kappa shape index (κ3) is 3.99. The number of amides is 2. The lowest BCUT2D eigenvalue weighted by atomic mass is 9.90. The Morgan fingerprint density at radius 3 is 2.26 bits per heavy atom. The van der Waals surface area contributed by atoms with Crippen LogP contribution in [0.25, 0.3) is 0 Å². The van der Waals surface area contributed by atoms with E-state index in [0.29, 0.717) is 5.56 Å². The average molecular weight is 585 g/mol. The smallest absolute Gasteiger partial charge is 0.271 e. The summed E-state index contributed by atoms with van der Waals surface area (Å²) in [5.41, 5.74) is 0.340. The number of hydroxylamine groups is 1. The Labute approximate surface area is 222 Å². The van der Waals surface area contributed by atoms with E-state index in [1.165, 1.54) is 72.8 Å². The van der Waals surface area contributed by atoms with Crippen LogP contribution in [-0.2, 0) is 14.4 Å². The molecule has 0 saturated carbocycles. The Hall–Kier alpha value is -4.56. The molecule has 0 bridgehead atoms. The summed E-state index contributed by atoms with van der Waals surface area (Å²) in [6, 6.07) is 12.5. The van der Waals surface area contributed by atoms with Crippen LogP contribution in [-0.4, -0.2) is 40.0 Å². The van der Waals surface area contributed by atoms with Crippen LogP contribution < -0.4 is 14.7 Å². The minimum Gasteiger partial charge on any atom is -0.503 e. The number of nitro groups is 2. The van der Waals surface area contributed by atoms with Gasteiger partial charge >= 0.3 is 0 Å². The Morgan fingerprint density at radius 2 is 1.63 bits per heavy atom. The Kier molecular flexibility index (Phi) is 6.20. The first-order valence-corrected chi connectivity index (χ1v) is 11.8. The number of phenolic OH excluding ortho intramolecular Hbond substituents is 1. The number of carbonyl (C=O) groups excluding carboxylic acids is 2. The number of hydrogen-bond acceptors (Lipinski definition) is 10. The van der Waals surface area contributed by atoms with Gasteiger partial charge in [0.25, 0.3) is 17.3 Å². The van der Waals surface area contributed by atoms with E-state index in [-0.39, 0.29) is 38.7 Å². The maximum Gasteiger partial charge on any atom is 0.271 e. The van der Waals surface area contributed by atoms with Crippen molar-refractivity contribution in [1.29, 1.82) is 0 Å². The first kappa shape index (κ1) is 25.1. The number of methoxy groups -OCH3 is 1. The fourth-order valence-corrected chi connectivity index (χ4v) is 5.08. The van der Waals surface area contributed by atoms with E-state index in [0.717, 1.165) is 4.90 Å². The predicted octanol–water partition coefficient (Wildman–Crippen LogP) is 4.03. The van der Waals surface area contributed by atoms with E-state index >= 15 is 0 Å². The molecule has 0 radical (unpaired) electrons. The van der Waals surface area contributed by atoms with Gasteiger partial charge in [0.2, 0.25) is 5.91 Å². The molecule has 5 rings (SSSR count). The summed E-state index contributed by atoms with van der Waals surface area (Å²) in [5.74, 6) is -2.53. The number of benzene rings is 3. The maximum atomic E-state index is 13.7. The fraction of sp³-hybridized carbons (Fsp3) is 0.167. The fourth-order valence-electron chi connectivity index (χ4n) is 4.62. The maximum absolute atomic E-state index is 13.7. The number of nitro benzene ring substituents is 2. The van der Waals surface area contributed by atoms with Crippen molar-refractivity contribution < 1.29 is 34.1 Å². The van der Waals surface area contributed by atoms with Gasteiger partial charge in [-0.3, -0.25) is 34.7 Å². The number of hydrogen-bond donors (Lipinski definition) is 1. The van der Waals surface area contributed by atoms with Crippen LogP contribution in [0, 0.1) is 26.1 Å². The second-order valence-corrected chi connectivity index (χ2v) is 9.29. The number of ether oxygens (including phenoxy) is 1. The number of imide groups is 1. The van der Waals surface area contributed by atoms with Crippen molar-refractivity contribution in [3.05, 3.63) is 90.9 Å². The summed E-state index contributed by atoms with van der Waals surface area (Å²) in [5, 5.41) is 34.0. The van der Waals surface area contributed by atoms with Crippen LogP contribution in [0.5, 0.6) is 11.5 Å². The van der Waals surface area contributed by atoms with Gasteiger partial charge in [-0.15, -0.1) is 0 Å². The topological polar surface area (TPSA) is 166 Å². The van der Waals surface area contributed by atoms with Crippen LogP contribution in [0.1, 0.15) is 11.6 Å². The normalized spacial score (nSPS) is 20.5. The van der Waals surface area contributed by atoms with E-state index < -0.39 is 39.7 Å². The highest BCUT2D eigenvalue weighted by molar-refractivity contribution is 9.10. The summed E-state index contributed by atoms with van der Waals surface area (Å²) in [6.45, 7) is 0. The molecule has 13 nitrogen and oxygen atoms in total. The first-order valence-electron chi connectivity index (χ1n) is 11.0. The molecule has 0 aliphatic carbocycles. The number of anilines is 2. The summed E-state index contributed by atoms with van der Waals surface area (Å²) in [4.78, 5) is 55.3. The van der Waals surface area contributed by atoms with Gasteiger partial charge in [0.15, 0.2) is 17.6 Å². The number of non-ortho nitro benzene ring substituents is 2. The second kappa shape index (κ2) is 9.39. The largest absolute Gasteiger partial charge is 0.503 e. The lowest BCUT2D eigenvalue weighted by molar-refractivity contribution is -0.385. The molecule has 2 aliphatic rings. The van der Waals surface area contributed by atoms with Gasteiger partial charge in [0, 0.05) is 24.3 Å². The zero-order valence-electron chi connectivity index (χ0n) is 19.4. The van der Waals surface area contributed by atoms with Crippen molar-refractivity contribution >= 4 is 50.5 Å². The van der Waals surface area contributed by atoms with Crippen molar-refractivity contribution in [2.75, 3.05) is 17.1 Å². The van der Waals surface area contributed by atoms with E-state index in [4.69, 9.17) is 9.57 Å². The molecule has 38 heavy (non-hydrogen) atoms. The number of carbonyl (C=O) groups is 2. The summed E-state index contributed by atoms with van der Waals surface area (Å²) >= 11 is 3.26. The van der Waals surface area contributed by atoms with Gasteiger partial charge in [-0.05, 0) is 51.8 Å². The average Bonchev–Trinajstić information content (AvgIpc) is 3.41. The van der Waals surface area contributed by atoms with Gasteiger partial charge in [-0.2, -0.15) is 0 Å². The minimum atomic E-state index is -1.29. The molecule has 2 saturated heterocycles. The zero-order chi connectivity index (χ0) is 27.3. The molecule has 3 atom stereocenters. The summed E-state index contributed by atoms with van der Waals surface area (Å²) in [6.07, 6.45) is -1.29. The molecule has 0 spiro atoms. The highest BCUT2D eigenvalue weighted by Crippen LogP contribution is 2.50. The molecule has 2 amide bonds. The monoisotopic (exact) mass is 584 g/mol. The molecule has 0 unspecified atom stereocenters. The van der Waals surface area contributed by atoms with E-state index in [2.05, 4.69) is 15.9 Å². The Morgan fingerprint density at radius 1 is 0.947 bits per heavy atom. The number of fused-ring (bicyclic) bond motifs is 1. The van der Waals surface area contributed by atoms with E-state index in [9.17, 15) is 34.9 Å². The second-order valence-electron chi connectivity index (χ2n) is 8.44. The Balaban J connectivity index is 1.62. The van der Waals surface area contributed by atoms with Crippen molar-refractivity contribution in [3.63, 3.8) is 0 Å². The molecule has 3 aromatic carbocycles. The van der Waals surface area contributed by atoms with Crippen molar-refractivity contribution in [2.45, 2.75) is 12.1 Å². The van der Waals surface area contributed by atoms with Crippen LogP contribution >= 0.6 is 15.9 Å². The molecule has 1 N–H and O–H groups in total. The number of rotatable bonds is 6. The van der Waals surface area contributed by atoms with Gasteiger partial charge in [-0.1, -0.05) is 6.07 Å². The highest BCUT2D eigenvalue weighted by Gasteiger charge is 2.60. The standard InChI is InChI=1S/C24H17BrN4O9/c1-37-18-10-12(9-17(25)21(18)30)20-19-22(38-27(20)15-3-2-4-16(11-15)29(35)36)24(32)26(23(19)31)13-5-7-14(8-6-13)28(33)34/h2-11,19-20,22,30H,1H3/t19-,20+,22-/m1/s1. The summed E-state index contributed by atoms with van der Waals surface area (Å²) in [7, 11) is 1.35. The van der Waals surface area contributed by atoms with Crippen LogP contribution in [0.4, 0.5) is 22.7 Å².